The van der Waals surface area contributed by atoms with E-state index >= 15 is 0 Å². The van der Waals surface area contributed by atoms with Crippen LogP contribution in [0.4, 0.5) is 0 Å². The molecule has 3 rings (SSSR count). The van der Waals surface area contributed by atoms with Gasteiger partial charge in [-0.05, 0) is 19.1 Å². The number of amides is 1. The molecule has 22 heavy (non-hydrogen) atoms. The fourth-order valence-corrected chi connectivity index (χ4v) is 3.00. The Bertz CT molecular complexity index is 705. The van der Waals surface area contributed by atoms with Crippen LogP contribution in [0.1, 0.15) is 25.3 Å². The van der Waals surface area contributed by atoms with Crippen molar-refractivity contribution in [1.82, 2.24) is 5.32 Å². The van der Waals surface area contributed by atoms with Gasteiger partial charge < -0.3 is 19.9 Å². The van der Waals surface area contributed by atoms with Crippen molar-refractivity contribution in [3.8, 4) is 17.6 Å². The maximum atomic E-state index is 12.1. The van der Waals surface area contributed by atoms with E-state index in [0.29, 0.717) is 31.1 Å². The SMILES string of the molecule is CCOc1ccc2c(c1)OCC[C@@]21CC(O)=C(C#N)C(=O)N1. The fourth-order valence-electron chi connectivity index (χ4n) is 3.00. The number of rotatable bonds is 2. The van der Waals surface area contributed by atoms with Gasteiger partial charge in [0.25, 0.3) is 5.91 Å². The van der Waals surface area contributed by atoms with Gasteiger partial charge in [0, 0.05) is 24.5 Å². The quantitative estimate of drug-likeness (QED) is 0.870. The van der Waals surface area contributed by atoms with Crippen molar-refractivity contribution in [3.05, 3.63) is 35.1 Å². The summed E-state index contributed by atoms with van der Waals surface area (Å²) in [6, 6.07) is 7.17. The summed E-state index contributed by atoms with van der Waals surface area (Å²) in [5.74, 6) is 0.601. The lowest BCUT2D eigenvalue weighted by Crippen LogP contribution is -2.52. The summed E-state index contributed by atoms with van der Waals surface area (Å²) in [4.78, 5) is 12.1. The minimum absolute atomic E-state index is 0.173. The first-order valence-electron chi connectivity index (χ1n) is 7.14. The highest BCUT2D eigenvalue weighted by Crippen LogP contribution is 2.44. The standard InChI is InChI=1S/C16H16N2O4/c1-2-21-10-3-4-12-14(7-10)22-6-5-16(12)8-13(19)11(9-17)15(20)18-16/h3-4,7,19H,2,5-6,8H2,1H3,(H,18,20)/t16-/m1/s1. The van der Waals surface area contributed by atoms with E-state index < -0.39 is 11.4 Å². The number of hydrogen-bond donors (Lipinski definition) is 2. The minimum Gasteiger partial charge on any atom is -0.511 e. The van der Waals surface area contributed by atoms with E-state index in [4.69, 9.17) is 14.7 Å². The molecule has 2 heterocycles. The highest BCUT2D eigenvalue weighted by atomic mass is 16.5. The van der Waals surface area contributed by atoms with Crippen LogP contribution in [0.5, 0.6) is 11.5 Å². The van der Waals surface area contributed by atoms with Crippen LogP contribution in [0.15, 0.2) is 29.5 Å². The van der Waals surface area contributed by atoms with E-state index in [1.54, 1.807) is 12.1 Å². The average molecular weight is 300 g/mol. The molecule has 6 nitrogen and oxygen atoms in total. The molecule has 0 unspecified atom stereocenters. The number of fused-ring (bicyclic) bond motifs is 2. The zero-order valence-electron chi connectivity index (χ0n) is 12.2. The van der Waals surface area contributed by atoms with Crippen molar-refractivity contribution in [1.29, 1.82) is 5.26 Å². The van der Waals surface area contributed by atoms with Gasteiger partial charge in [-0.15, -0.1) is 0 Å². The van der Waals surface area contributed by atoms with Crippen LogP contribution in [0.25, 0.3) is 0 Å². The van der Waals surface area contributed by atoms with Crippen molar-refractivity contribution in [2.45, 2.75) is 25.3 Å². The lowest BCUT2D eigenvalue weighted by molar-refractivity contribution is -0.120. The van der Waals surface area contributed by atoms with Crippen LogP contribution >= 0.6 is 0 Å². The second-order valence-corrected chi connectivity index (χ2v) is 5.34. The molecule has 0 aliphatic carbocycles. The fraction of sp³-hybridized carbons (Fsp3) is 0.375. The Morgan fingerprint density at radius 2 is 2.36 bits per heavy atom. The summed E-state index contributed by atoms with van der Waals surface area (Å²) in [6.45, 7) is 2.86. The second-order valence-electron chi connectivity index (χ2n) is 5.34. The summed E-state index contributed by atoms with van der Waals surface area (Å²) in [7, 11) is 0. The molecule has 1 atom stereocenters. The first-order chi connectivity index (χ1) is 10.6. The number of aliphatic hydroxyl groups excluding tert-OH is 1. The van der Waals surface area contributed by atoms with Crippen molar-refractivity contribution >= 4 is 5.91 Å². The predicted molar refractivity (Wildman–Crippen MR) is 77.4 cm³/mol. The van der Waals surface area contributed by atoms with Gasteiger partial charge in [0.1, 0.15) is 23.3 Å². The minimum atomic E-state index is -0.736. The highest BCUT2D eigenvalue weighted by molar-refractivity contribution is 5.99. The third-order valence-corrected chi connectivity index (χ3v) is 4.02. The van der Waals surface area contributed by atoms with E-state index in [2.05, 4.69) is 5.32 Å². The van der Waals surface area contributed by atoms with Gasteiger partial charge in [-0.2, -0.15) is 5.26 Å². The summed E-state index contributed by atoms with van der Waals surface area (Å²) in [6.07, 6.45) is 0.717. The van der Waals surface area contributed by atoms with Gasteiger partial charge in [0.15, 0.2) is 5.57 Å². The molecule has 0 saturated carbocycles. The summed E-state index contributed by atoms with van der Waals surface area (Å²) in [5.41, 5.74) is -0.163. The number of benzene rings is 1. The molecule has 1 aromatic carbocycles. The van der Waals surface area contributed by atoms with E-state index in [9.17, 15) is 9.90 Å². The average Bonchev–Trinajstić information content (AvgIpc) is 2.47. The Kier molecular flexibility index (Phi) is 3.41. The molecule has 0 bridgehead atoms. The molecule has 2 aliphatic heterocycles. The number of nitrogens with zero attached hydrogens (tertiary/aromatic N) is 1. The number of ether oxygens (including phenoxy) is 2. The molecule has 1 spiro atoms. The van der Waals surface area contributed by atoms with Crippen LogP contribution in [0, 0.1) is 11.3 Å². The molecular formula is C16H16N2O4. The smallest absolute Gasteiger partial charge is 0.266 e. The molecule has 0 radical (unpaired) electrons. The lowest BCUT2D eigenvalue weighted by atomic mass is 9.78. The molecule has 6 heteroatoms. The van der Waals surface area contributed by atoms with Crippen molar-refractivity contribution in [2.75, 3.05) is 13.2 Å². The van der Waals surface area contributed by atoms with Gasteiger partial charge >= 0.3 is 0 Å². The zero-order chi connectivity index (χ0) is 15.7. The Labute approximate surface area is 128 Å². The van der Waals surface area contributed by atoms with Crippen LogP contribution in [0.3, 0.4) is 0 Å². The molecule has 1 aromatic rings. The van der Waals surface area contributed by atoms with Gasteiger partial charge in [0.05, 0.1) is 18.8 Å². The normalized spacial score (nSPS) is 23.4. The summed E-state index contributed by atoms with van der Waals surface area (Å²) < 4.78 is 11.1. The third-order valence-electron chi connectivity index (χ3n) is 4.02. The Hall–Kier alpha value is -2.68. The first-order valence-corrected chi connectivity index (χ1v) is 7.14. The van der Waals surface area contributed by atoms with Gasteiger partial charge in [-0.1, -0.05) is 0 Å². The van der Waals surface area contributed by atoms with Gasteiger partial charge in [0.2, 0.25) is 0 Å². The van der Waals surface area contributed by atoms with Crippen molar-refractivity contribution < 1.29 is 19.4 Å². The topological polar surface area (TPSA) is 91.6 Å². The first kappa shape index (κ1) is 14.3. The van der Waals surface area contributed by atoms with Crippen molar-refractivity contribution in [2.24, 2.45) is 0 Å². The molecule has 1 amide bonds. The van der Waals surface area contributed by atoms with E-state index in [-0.39, 0.29) is 17.8 Å². The van der Waals surface area contributed by atoms with Crippen LogP contribution in [-0.2, 0) is 10.3 Å². The van der Waals surface area contributed by atoms with Crippen molar-refractivity contribution in [3.63, 3.8) is 0 Å². The maximum Gasteiger partial charge on any atom is 0.266 e. The number of nitrogens with one attached hydrogen (secondary N) is 1. The van der Waals surface area contributed by atoms with Gasteiger partial charge in [-0.25, -0.2) is 0 Å². The van der Waals surface area contributed by atoms with Crippen LogP contribution < -0.4 is 14.8 Å². The third kappa shape index (κ3) is 2.15. The predicted octanol–water partition coefficient (Wildman–Crippen LogP) is 1.92. The van der Waals surface area contributed by atoms with E-state index in [0.717, 1.165) is 5.56 Å². The maximum absolute atomic E-state index is 12.1. The largest absolute Gasteiger partial charge is 0.511 e. The number of hydrogen-bond acceptors (Lipinski definition) is 5. The monoisotopic (exact) mass is 300 g/mol. The second kappa shape index (κ2) is 5.26. The molecule has 2 N–H and O–H groups in total. The Morgan fingerprint density at radius 1 is 1.55 bits per heavy atom. The van der Waals surface area contributed by atoms with Crippen LogP contribution in [-0.4, -0.2) is 24.2 Å². The van der Waals surface area contributed by atoms with E-state index in [1.165, 1.54) is 0 Å². The highest BCUT2D eigenvalue weighted by Gasteiger charge is 2.44. The number of nitriles is 1. The van der Waals surface area contributed by atoms with Crippen LogP contribution in [0.2, 0.25) is 0 Å². The van der Waals surface area contributed by atoms with Gasteiger partial charge in [-0.3, -0.25) is 4.79 Å². The number of carbonyl (C=O) groups excluding carboxylic acids is 1. The Morgan fingerprint density at radius 3 is 3.05 bits per heavy atom. The summed E-state index contributed by atoms with van der Waals surface area (Å²) in [5, 5.41) is 21.9. The lowest BCUT2D eigenvalue weighted by Gasteiger charge is -2.41. The molecule has 0 fully saturated rings. The number of aliphatic hydroxyl groups is 1. The molecule has 0 aromatic heterocycles. The Balaban J connectivity index is 2.04. The summed E-state index contributed by atoms with van der Waals surface area (Å²) >= 11 is 0. The number of carbonyl (C=O) groups is 1. The molecule has 0 saturated heterocycles. The molecule has 2 aliphatic rings. The van der Waals surface area contributed by atoms with E-state index in [1.807, 2.05) is 19.1 Å². The zero-order valence-corrected chi connectivity index (χ0v) is 12.2. The molecule has 114 valence electrons. The molecular weight excluding hydrogens is 284 g/mol.